The second-order valence-electron chi connectivity index (χ2n) is 7.04. The number of anilines is 1. The van der Waals surface area contributed by atoms with Gasteiger partial charge in [0.15, 0.2) is 5.78 Å². The molecule has 28 heavy (non-hydrogen) atoms. The normalized spacial score (nSPS) is 16.0. The molecule has 4 heteroatoms. The zero-order valence-corrected chi connectivity index (χ0v) is 15.7. The molecule has 0 saturated carbocycles. The number of carbonyl (C=O) groups excluding carboxylic acids is 1. The van der Waals surface area contributed by atoms with Crippen LogP contribution in [-0.4, -0.2) is 36.9 Å². The Labute approximate surface area is 165 Å². The van der Waals surface area contributed by atoms with Crippen molar-refractivity contribution in [3.8, 4) is 0 Å². The fourth-order valence-electron chi connectivity index (χ4n) is 3.81. The summed E-state index contributed by atoms with van der Waals surface area (Å²) in [5.41, 5.74) is 2.77. The fourth-order valence-corrected chi connectivity index (χ4v) is 3.81. The van der Waals surface area contributed by atoms with Crippen molar-refractivity contribution in [2.75, 3.05) is 31.1 Å². The van der Waals surface area contributed by atoms with Crippen LogP contribution in [0.3, 0.4) is 0 Å². The zero-order valence-electron chi connectivity index (χ0n) is 15.7. The maximum atomic E-state index is 13.3. The largest absolute Gasteiger partial charge is 0.369 e. The van der Waals surface area contributed by atoms with Crippen molar-refractivity contribution in [1.29, 1.82) is 0 Å². The number of ketones is 1. The van der Waals surface area contributed by atoms with E-state index in [1.54, 1.807) is 0 Å². The van der Waals surface area contributed by atoms with Crippen molar-refractivity contribution in [1.82, 2.24) is 4.90 Å². The van der Waals surface area contributed by atoms with Crippen molar-refractivity contribution in [3.05, 3.63) is 102 Å². The first-order valence-electron chi connectivity index (χ1n) is 9.61. The predicted octanol–water partition coefficient (Wildman–Crippen LogP) is 4.57. The van der Waals surface area contributed by atoms with Crippen LogP contribution in [0.1, 0.15) is 22.0 Å². The lowest BCUT2D eigenvalue weighted by atomic mass is 9.95. The highest BCUT2D eigenvalue weighted by atomic mass is 19.1. The molecule has 1 fully saturated rings. The molecular weight excluding hydrogens is 351 g/mol. The first-order chi connectivity index (χ1) is 13.7. The number of Topliss-reactive ketones (excluding diaryl/α,β-unsaturated/α-hetero) is 1. The summed E-state index contributed by atoms with van der Waals surface area (Å²) in [4.78, 5) is 17.8. The molecular formula is C24H23FN2O. The Hall–Kier alpha value is -2.98. The minimum absolute atomic E-state index is 0.127. The van der Waals surface area contributed by atoms with Gasteiger partial charge in [-0.15, -0.1) is 0 Å². The van der Waals surface area contributed by atoms with Gasteiger partial charge >= 0.3 is 0 Å². The second-order valence-corrected chi connectivity index (χ2v) is 7.04. The van der Waals surface area contributed by atoms with Crippen LogP contribution < -0.4 is 4.90 Å². The summed E-state index contributed by atoms with van der Waals surface area (Å²) in [5.74, 6) is -0.0954. The molecule has 3 aromatic carbocycles. The van der Waals surface area contributed by atoms with Crippen LogP contribution in [-0.2, 0) is 0 Å². The Kier molecular flexibility index (Phi) is 5.49. The average Bonchev–Trinajstić information content (AvgIpc) is 2.76. The number of carbonyl (C=O) groups is 1. The summed E-state index contributed by atoms with van der Waals surface area (Å²) in [6.07, 6.45) is 0. The maximum absolute atomic E-state index is 13.3. The lowest BCUT2D eigenvalue weighted by Gasteiger charge is -2.40. The molecule has 1 unspecified atom stereocenters. The van der Waals surface area contributed by atoms with Gasteiger partial charge in [0.25, 0.3) is 0 Å². The first kappa shape index (κ1) is 18.4. The summed E-state index contributed by atoms with van der Waals surface area (Å²) in [6, 6.07) is 25.8. The van der Waals surface area contributed by atoms with Gasteiger partial charge in [-0.2, -0.15) is 0 Å². The summed E-state index contributed by atoms with van der Waals surface area (Å²) in [5, 5.41) is 0. The van der Waals surface area contributed by atoms with Crippen LogP contribution in [0.5, 0.6) is 0 Å². The number of hydrogen-bond acceptors (Lipinski definition) is 3. The highest BCUT2D eigenvalue weighted by Crippen LogP contribution is 2.27. The SMILES string of the molecule is O=C(c1ccccc1)C(c1ccccc1)N1CCN(c2ccc(F)cc2)CC1. The average molecular weight is 374 g/mol. The lowest BCUT2D eigenvalue weighted by molar-refractivity contribution is 0.0806. The van der Waals surface area contributed by atoms with Crippen molar-refractivity contribution < 1.29 is 9.18 Å². The van der Waals surface area contributed by atoms with Gasteiger partial charge in [-0.05, 0) is 29.8 Å². The molecule has 0 spiro atoms. The molecule has 1 atom stereocenters. The Morgan fingerprint density at radius 3 is 1.93 bits per heavy atom. The summed E-state index contributed by atoms with van der Waals surface area (Å²) < 4.78 is 13.2. The van der Waals surface area contributed by atoms with E-state index in [0.29, 0.717) is 0 Å². The number of hydrogen-bond donors (Lipinski definition) is 0. The number of nitrogens with zero attached hydrogens (tertiary/aromatic N) is 2. The highest BCUT2D eigenvalue weighted by Gasteiger charge is 2.31. The number of piperazine rings is 1. The topological polar surface area (TPSA) is 23.6 Å². The van der Waals surface area contributed by atoms with E-state index in [-0.39, 0.29) is 17.6 Å². The first-order valence-corrected chi connectivity index (χ1v) is 9.61. The molecule has 0 bridgehead atoms. The standard InChI is InChI=1S/C24H23FN2O/c25-21-11-13-22(14-12-21)26-15-17-27(18-16-26)23(19-7-3-1-4-8-19)24(28)20-9-5-2-6-10-20/h1-14,23H,15-18H2. The van der Waals surface area contributed by atoms with Crippen LogP contribution in [0.2, 0.25) is 0 Å². The van der Waals surface area contributed by atoms with E-state index in [1.165, 1.54) is 12.1 Å². The summed E-state index contributed by atoms with van der Waals surface area (Å²) in [6.45, 7) is 3.15. The molecule has 1 saturated heterocycles. The third-order valence-electron chi connectivity index (χ3n) is 5.29. The Bertz CT molecular complexity index is 904. The molecule has 142 valence electrons. The van der Waals surface area contributed by atoms with E-state index in [2.05, 4.69) is 9.80 Å². The highest BCUT2D eigenvalue weighted by molar-refractivity contribution is 6.00. The fraction of sp³-hybridized carbons (Fsp3) is 0.208. The second kappa shape index (κ2) is 8.36. The van der Waals surface area contributed by atoms with Gasteiger partial charge in [0.05, 0.1) is 6.04 Å². The lowest BCUT2D eigenvalue weighted by Crippen LogP contribution is -2.49. The molecule has 3 aromatic rings. The van der Waals surface area contributed by atoms with Gasteiger partial charge in [-0.3, -0.25) is 9.69 Å². The number of benzene rings is 3. The molecule has 0 aromatic heterocycles. The van der Waals surface area contributed by atoms with Gasteiger partial charge < -0.3 is 4.90 Å². The third-order valence-corrected chi connectivity index (χ3v) is 5.29. The minimum atomic E-state index is -0.293. The maximum Gasteiger partial charge on any atom is 0.184 e. The van der Waals surface area contributed by atoms with Crippen molar-refractivity contribution in [3.63, 3.8) is 0 Å². The molecule has 1 aliphatic rings. The molecule has 0 aliphatic carbocycles. The van der Waals surface area contributed by atoms with E-state index < -0.39 is 0 Å². The van der Waals surface area contributed by atoms with Gasteiger partial charge in [-0.1, -0.05) is 60.7 Å². The monoisotopic (exact) mass is 374 g/mol. The van der Waals surface area contributed by atoms with Crippen molar-refractivity contribution in [2.24, 2.45) is 0 Å². The number of rotatable bonds is 5. The number of halogens is 1. The third kappa shape index (κ3) is 3.97. The molecule has 0 radical (unpaired) electrons. The van der Waals surface area contributed by atoms with Crippen molar-refractivity contribution >= 4 is 11.5 Å². The van der Waals surface area contributed by atoms with E-state index in [9.17, 15) is 9.18 Å². The van der Waals surface area contributed by atoms with Gasteiger partial charge in [0, 0.05) is 37.4 Å². The molecule has 4 rings (SSSR count). The molecule has 0 amide bonds. The molecule has 1 heterocycles. The van der Waals surface area contributed by atoms with E-state index in [0.717, 1.165) is 43.0 Å². The molecule has 1 aliphatic heterocycles. The summed E-state index contributed by atoms with van der Waals surface area (Å²) in [7, 11) is 0. The van der Waals surface area contributed by atoms with Crippen molar-refractivity contribution in [2.45, 2.75) is 6.04 Å². The van der Waals surface area contributed by atoms with Crippen LogP contribution in [0.25, 0.3) is 0 Å². The zero-order chi connectivity index (χ0) is 19.3. The van der Waals surface area contributed by atoms with Gasteiger partial charge in [0.2, 0.25) is 0 Å². The Balaban J connectivity index is 1.55. The smallest absolute Gasteiger partial charge is 0.184 e. The van der Waals surface area contributed by atoms with E-state index >= 15 is 0 Å². The Morgan fingerprint density at radius 1 is 0.750 bits per heavy atom. The van der Waals surface area contributed by atoms with Crippen LogP contribution in [0.4, 0.5) is 10.1 Å². The predicted molar refractivity (Wildman–Crippen MR) is 110 cm³/mol. The minimum Gasteiger partial charge on any atom is -0.369 e. The quantitative estimate of drug-likeness (QED) is 0.611. The van der Waals surface area contributed by atoms with E-state index in [1.807, 2.05) is 72.8 Å². The molecule has 3 nitrogen and oxygen atoms in total. The summed E-state index contributed by atoms with van der Waals surface area (Å²) >= 11 is 0. The Morgan fingerprint density at radius 2 is 1.32 bits per heavy atom. The van der Waals surface area contributed by atoms with Gasteiger partial charge in [-0.25, -0.2) is 4.39 Å². The van der Waals surface area contributed by atoms with Crippen LogP contribution in [0.15, 0.2) is 84.9 Å². The van der Waals surface area contributed by atoms with Gasteiger partial charge in [0.1, 0.15) is 5.82 Å². The van der Waals surface area contributed by atoms with Crippen LogP contribution in [0, 0.1) is 5.82 Å². The van der Waals surface area contributed by atoms with Crippen LogP contribution >= 0.6 is 0 Å². The van der Waals surface area contributed by atoms with E-state index in [4.69, 9.17) is 0 Å². The molecule has 0 N–H and O–H groups in total.